The maximum atomic E-state index is 13.1. The van der Waals surface area contributed by atoms with Crippen LogP contribution in [0.2, 0.25) is 0 Å². The molecule has 2 N–H and O–H groups in total. The van der Waals surface area contributed by atoms with Crippen LogP contribution in [-0.4, -0.2) is 82.9 Å². The van der Waals surface area contributed by atoms with Gasteiger partial charge in [-0.3, -0.25) is 4.79 Å². The van der Waals surface area contributed by atoms with Crippen LogP contribution in [0, 0.1) is 0 Å². The number of carboxylic acids is 1. The van der Waals surface area contributed by atoms with Crippen molar-refractivity contribution in [3.63, 3.8) is 0 Å². The number of rotatable bonds is 2. The molecular formula is C17H27N3O7. The fourth-order valence-corrected chi connectivity index (χ4v) is 3.47. The molecule has 0 radical (unpaired) electrons. The fraction of sp³-hybridized carbons (Fsp3) is 0.765. The van der Waals surface area contributed by atoms with Gasteiger partial charge in [0.15, 0.2) is 0 Å². The SMILES string of the molecule is COC(=O)N1CC[C@H]2CCC(C(=O)O)N2C(=O)C(NC(=O)OC(C)(C)C)C1. The maximum Gasteiger partial charge on any atom is 0.409 e. The molecule has 152 valence electrons. The van der Waals surface area contributed by atoms with E-state index in [1.165, 1.54) is 16.9 Å². The Balaban J connectivity index is 2.26. The molecule has 2 unspecified atom stereocenters. The van der Waals surface area contributed by atoms with Crippen LogP contribution in [0.4, 0.5) is 9.59 Å². The van der Waals surface area contributed by atoms with Gasteiger partial charge in [0.2, 0.25) is 5.91 Å². The van der Waals surface area contributed by atoms with Crippen LogP contribution >= 0.6 is 0 Å². The number of amides is 3. The first-order valence-electron chi connectivity index (χ1n) is 8.91. The number of hydrogen-bond donors (Lipinski definition) is 2. The van der Waals surface area contributed by atoms with E-state index in [0.29, 0.717) is 25.8 Å². The second-order valence-electron chi connectivity index (χ2n) is 7.73. The number of hydrogen-bond acceptors (Lipinski definition) is 6. The first-order valence-corrected chi connectivity index (χ1v) is 8.91. The van der Waals surface area contributed by atoms with Gasteiger partial charge in [-0.2, -0.15) is 0 Å². The van der Waals surface area contributed by atoms with E-state index in [1.807, 2.05) is 0 Å². The van der Waals surface area contributed by atoms with Crippen molar-refractivity contribution in [2.24, 2.45) is 0 Å². The van der Waals surface area contributed by atoms with E-state index >= 15 is 0 Å². The fourth-order valence-electron chi connectivity index (χ4n) is 3.47. The highest BCUT2D eigenvalue weighted by Gasteiger charge is 2.45. The Morgan fingerprint density at radius 3 is 2.41 bits per heavy atom. The molecule has 3 amide bonds. The third-order valence-electron chi connectivity index (χ3n) is 4.60. The normalized spacial score (nSPS) is 25.9. The Hall–Kier alpha value is -2.52. The lowest BCUT2D eigenvalue weighted by Gasteiger charge is -2.37. The van der Waals surface area contributed by atoms with Crippen molar-refractivity contribution in [3.05, 3.63) is 0 Å². The van der Waals surface area contributed by atoms with E-state index in [2.05, 4.69) is 5.32 Å². The second-order valence-corrected chi connectivity index (χ2v) is 7.73. The average molecular weight is 385 g/mol. The highest BCUT2D eigenvalue weighted by atomic mass is 16.6. The van der Waals surface area contributed by atoms with Gasteiger partial charge in [-0.25, -0.2) is 14.4 Å². The Bertz CT molecular complexity index is 616. The van der Waals surface area contributed by atoms with Gasteiger partial charge in [0.25, 0.3) is 0 Å². The van der Waals surface area contributed by atoms with Crippen molar-refractivity contribution < 1.29 is 33.8 Å². The van der Waals surface area contributed by atoms with Gasteiger partial charge in [0.1, 0.15) is 17.7 Å². The Morgan fingerprint density at radius 1 is 1.19 bits per heavy atom. The summed E-state index contributed by atoms with van der Waals surface area (Å²) in [5.74, 6) is -1.61. The summed E-state index contributed by atoms with van der Waals surface area (Å²) in [7, 11) is 1.24. The van der Waals surface area contributed by atoms with Crippen LogP contribution in [0.15, 0.2) is 0 Å². The first kappa shape index (κ1) is 20.8. The third-order valence-corrected chi connectivity index (χ3v) is 4.60. The molecular weight excluding hydrogens is 358 g/mol. The molecule has 2 saturated heterocycles. The van der Waals surface area contributed by atoms with Crippen molar-refractivity contribution in [2.75, 3.05) is 20.2 Å². The zero-order chi connectivity index (χ0) is 20.4. The zero-order valence-electron chi connectivity index (χ0n) is 16.1. The van der Waals surface area contributed by atoms with E-state index in [1.54, 1.807) is 20.8 Å². The molecule has 0 bridgehead atoms. The molecule has 10 heteroatoms. The van der Waals surface area contributed by atoms with Gasteiger partial charge in [-0.05, 0) is 40.0 Å². The quantitative estimate of drug-likeness (QED) is 0.720. The molecule has 2 fully saturated rings. The summed E-state index contributed by atoms with van der Waals surface area (Å²) in [4.78, 5) is 51.5. The van der Waals surface area contributed by atoms with Gasteiger partial charge >= 0.3 is 18.2 Å². The number of methoxy groups -OCH3 is 1. The van der Waals surface area contributed by atoms with Gasteiger partial charge in [0.05, 0.1) is 13.7 Å². The summed E-state index contributed by atoms with van der Waals surface area (Å²) >= 11 is 0. The monoisotopic (exact) mass is 385 g/mol. The lowest BCUT2D eigenvalue weighted by atomic mass is 10.1. The van der Waals surface area contributed by atoms with E-state index < -0.39 is 41.7 Å². The van der Waals surface area contributed by atoms with Crippen LogP contribution in [0.25, 0.3) is 0 Å². The van der Waals surface area contributed by atoms with Crippen LogP contribution < -0.4 is 5.32 Å². The Labute approximate surface area is 157 Å². The molecule has 0 aliphatic carbocycles. The van der Waals surface area contributed by atoms with E-state index in [0.717, 1.165) is 0 Å². The second kappa shape index (κ2) is 8.01. The number of carbonyl (C=O) groups is 4. The lowest BCUT2D eigenvalue weighted by molar-refractivity contribution is -0.151. The van der Waals surface area contributed by atoms with Crippen molar-refractivity contribution in [3.8, 4) is 0 Å². The minimum atomic E-state index is -1.12. The largest absolute Gasteiger partial charge is 0.480 e. The molecule has 0 spiro atoms. The van der Waals surface area contributed by atoms with Crippen molar-refractivity contribution in [2.45, 2.75) is 63.8 Å². The molecule has 0 aromatic carbocycles. The highest BCUT2D eigenvalue weighted by Crippen LogP contribution is 2.29. The highest BCUT2D eigenvalue weighted by molar-refractivity contribution is 5.90. The zero-order valence-corrected chi connectivity index (χ0v) is 16.1. The predicted octanol–water partition coefficient (Wildman–Crippen LogP) is 0.796. The van der Waals surface area contributed by atoms with Crippen molar-refractivity contribution in [1.82, 2.24) is 15.1 Å². The van der Waals surface area contributed by atoms with Crippen molar-refractivity contribution >= 4 is 24.1 Å². The number of carboxylic acid groups (broad SMARTS) is 1. The molecule has 2 rings (SSSR count). The first-order chi connectivity index (χ1) is 12.5. The average Bonchev–Trinajstić information content (AvgIpc) is 2.96. The molecule has 27 heavy (non-hydrogen) atoms. The molecule has 0 saturated carbocycles. The maximum absolute atomic E-state index is 13.1. The van der Waals surface area contributed by atoms with Crippen molar-refractivity contribution in [1.29, 1.82) is 0 Å². The third kappa shape index (κ3) is 5.01. The Morgan fingerprint density at radius 2 is 1.85 bits per heavy atom. The van der Waals surface area contributed by atoms with Gasteiger partial charge in [0, 0.05) is 12.6 Å². The minimum absolute atomic E-state index is 0.125. The summed E-state index contributed by atoms with van der Waals surface area (Å²) in [5, 5.41) is 11.9. The van der Waals surface area contributed by atoms with Gasteiger partial charge in [-0.15, -0.1) is 0 Å². The summed E-state index contributed by atoms with van der Waals surface area (Å²) < 4.78 is 9.95. The van der Waals surface area contributed by atoms with Crippen LogP contribution in [0.3, 0.4) is 0 Å². The molecule has 2 aliphatic heterocycles. The Kier molecular flexibility index (Phi) is 6.17. The summed E-state index contributed by atoms with van der Waals surface area (Å²) in [6.07, 6.45) is -0.113. The van der Waals surface area contributed by atoms with Crippen LogP contribution in [0.5, 0.6) is 0 Å². The number of alkyl carbamates (subject to hydrolysis) is 1. The topological polar surface area (TPSA) is 125 Å². The molecule has 3 atom stereocenters. The number of nitrogens with zero attached hydrogens (tertiary/aromatic N) is 2. The number of ether oxygens (including phenoxy) is 2. The number of fused-ring (bicyclic) bond motifs is 1. The van der Waals surface area contributed by atoms with E-state index in [4.69, 9.17) is 9.47 Å². The minimum Gasteiger partial charge on any atom is -0.480 e. The molecule has 2 heterocycles. The summed E-state index contributed by atoms with van der Waals surface area (Å²) in [6.45, 7) is 5.22. The lowest BCUT2D eigenvalue weighted by Crippen LogP contribution is -2.60. The van der Waals surface area contributed by atoms with Crippen LogP contribution in [-0.2, 0) is 19.1 Å². The predicted molar refractivity (Wildman–Crippen MR) is 93.0 cm³/mol. The standard InChI is InChI=1S/C17H27N3O7/c1-17(2,3)27-15(24)18-11-9-19(16(25)26-4)8-7-10-5-6-12(14(22)23)20(10)13(11)21/h10-12H,5-9H2,1-4H3,(H,18,24)(H,22,23)/t10-,11?,12?/m1/s1. The van der Waals surface area contributed by atoms with Gasteiger partial charge in [-0.1, -0.05) is 0 Å². The van der Waals surface area contributed by atoms with E-state index in [9.17, 15) is 24.3 Å². The van der Waals surface area contributed by atoms with Crippen LogP contribution in [0.1, 0.15) is 40.0 Å². The molecule has 0 aromatic heterocycles. The summed E-state index contributed by atoms with van der Waals surface area (Å²) in [5.41, 5.74) is -0.767. The molecule has 0 aromatic rings. The smallest absolute Gasteiger partial charge is 0.409 e. The molecule has 10 nitrogen and oxygen atoms in total. The number of aliphatic carboxylic acids is 1. The summed E-state index contributed by atoms with van der Waals surface area (Å²) in [6, 6.07) is -2.37. The number of nitrogens with one attached hydrogen (secondary N) is 1. The molecule has 2 aliphatic rings. The number of carbonyl (C=O) groups excluding carboxylic acids is 3. The van der Waals surface area contributed by atoms with Gasteiger partial charge < -0.3 is 29.7 Å². The van der Waals surface area contributed by atoms with E-state index in [-0.39, 0.29) is 12.6 Å².